The van der Waals surface area contributed by atoms with E-state index < -0.39 is 0 Å². The van der Waals surface area contributed by atoms with Crippen molar-refractivity contribution >= 4 is 40.7 Å². The monoisotopic (exact) mass is 317 g/mol. The lowest BCUT2D eigenvalue weighted by Gasteiger charge is -2.17. The van der Waals surface area contributed by atoms with E-state index in [2.05, 4.69) is 0 Å². The van der Waals surface area contributed by atoms with Gasteiger partial charge < -0.3 is 9.32 Å². The summed E-state index contributed by atoms with van der Waals surface area (Å²) in [5.41, 5.74) is 1.09. The smallest absolute Gasteiger partial charge is 0.258 e. The summed E-state index contributed by atoms with van der Waals surface area (Å²) in [6, 6.07) is 6.82. The fraction of sp³-hybridized carbons (Fsp3) is 0.154. The zero-order valence-corrected chi connectivity index (χ0v) is 12.3. The van der Waals surface area contributed by atoms with Crippen molar-refractivity contribution in [3.05, 3.63) is 56.9 Å². The van der Waals surface area contributed by atoms with Crippen LogP contribution in [0.3, 0.4) is 0 Å². The summed E-state index contributed by atoms with van der Waals surface area (Å²) in [7, 11) is 1.66. The van der Waals surface area contributed by atoms with Gasteiger partial charge in [0.05, 0.1) is 21.9 Å². The Morgan fingerprint density at radius 3 is 2.63 bits per heavy atom. The Balaban J connectivity index is 2.18. The maximum Gasteiger partial charge on any atom is 0.258 e. The molecular weight excluding hydrogens is 309 g/mol. The Hall–Kier alpha value is -1.16. The third-order valence-corrected chi connectivity index (χ3v) is 3.78. The second-order valence-electron chi connectivity index (χ2n) is 3.98. The standard InChI is InChI=1S/C13H10Cl3NO2/c1-17(13(18)9-5-6-19-12(9)16)7-8-3-2-4-10(14)11(8)15/h2-6H,7H2,1H3. The second kappa shape index (κ2) is 5.87. The van der Waals surface area contributed by atoms with Crippen LogP contribution < -0.4 is 0 Å². The van der Waals surface area contributed by atoms with Crippen LogP contribution >= 0.6 is 34.8 Å². The van der Waals surface area contributed by atoms with Crippen LogP contribution in [0.25, 0.3) is 0 Å². The van der Waals surface area contributed by atoms with Crippen molar-refractivity contribution in [1.82, 2.24) is 4.90 Å². The number of amides is 1. The van der Waals surface area contributed by atoms with Gasteiger partial charge in [0.1, 0.15) is 0 Å². The highest BCUT2D eigenvalue weighted by Crippen LogP contribution is 2.27. The van der Waals surface area contributed by atoms with E-state index in [0.717, 1.165) is 5.56 Å². The minimum Gasteiger partial charge on any atom is -0.452 e. The number of halogens is 3. The van der Waals surface area contributed by atoms with Crippen LogP contribution in [0.1, 0.15) is 15.9 Å². The Bertz CT molecular complexity index is 610. The molecule has 0 saturated heterocycles. The Labute approximate surface area is 125 Å². The lowest BCUT2D eigenvalue weighted by atomic mass is 10.2. The van der Waals surface area contributed by atoms with Gasteiger partial charge in [-0.1, -0.05) is 35.3 Å². The average Bonchev–Trinajstić information content (AvgIpc) is 2.80. The lowest BCUT2D eigenvalue weighted by molar-refractivity contribution is 0.0784. The molecular formula is C13H10Cl3NO2. The first kappa shape index (κ1) is 14.3. The molecule has 1 aromatic carbocycles. The molecule has 1 heterocycles. The topological polar surface area (TPSA) is 33.5 Å². The summed E-state index contributed by atoms with van der Waals surface area (Å²) in [6.07, 6.45) is 1.37. The summed E-state index contributed by atoms with van der Waals surface area (Å²) in [6.45, 7) is 0.333. The van der Waals surface area contributed by atoms with Crippen LogP contribution in [0.5, 0.6) is 0 Å². The molecule has 6 heteroatoms. The highest BCUT2D eigenvalue weighted by Gasteiger charge is 2.18. The molecule has 2 rings (SSSR count). The van der Waals surface area contributed by atoms with Crippen LogP contribution in [-0.2, 0) is 6.54 Å². The van der Waals surface area contributed by atoms with Gasteiger partial charge in [0.25, 0.3) is 5.91 Å². The number of carbonyl (C=O) groups is 1. The number of benzene rings is 1. The van der Waals surface area contributed by atoms with Crippen molar-refractivity contribution in [2.75, 3.05) is 7.05 Å². The van der Waals surface area contributed by atoms with E-state index in [-0.39, 0.29) is 11.1 Å². The van der Waals surface area contributed by atoms with Crippen LogP contribution in [0.4, 0.5) is 0 Å². The number of hydrogen-bond donors (Lipinski definition) is 0. The van der Waals surface area contributed by atoms with Crippen molar-refractivity contribution in [3.63, 3.8) is 0 Å². The molecule has 0 unspecified atom stereocenters. The van der Waals surface area contributed by atoms with Gasteiger partial charge in [0.15, 0.2) is 0 Å². The van der Waals surface area contributed by atoms with Crippen LogP contribution in [0.2, 0.25) is 15.3 Å². The van der Waals surface area contributed by atoms with E-state index in [1.165, 1.54) is 17.2 Å². The van der Waals surface area contributed by atoms with Crippen LogP contribution in [0.15, 0.2) is 34.9 Å². The van der Waals surface area contributed by atoms with Gasteiger partial charge in [-0.05, 0) is 29.3 Å². The van der Waals surface area contributed by atoms with Crippen molar-refractivity contribution < 1.29 is 9.21 Å². The maximum atomic E-state index is 12.1. The molecule has 0 aliphatic carbocycles. The molecule has 0 atom stereocenters. The molecule has 19 heavy (non-hydrogen) atoms. The highest BCUT2D eigenvalue weighted by molar-refractivity contribution is 6.42. The summed E-state index contributed by atoms with van der Waals surface area (Å²) in [5, 5.41) is 0.984. The quantitative estimate of drug-likeness (QED) is 0.834. The Kier molecular flexibility index (Phi) is 4.40. The van der Waals surface area contributed by atoms with E-state index in [9.17, 15) is 4.79 Å². The molecule has 0 N–H and O–H groups in total. The number of rotatable bonds is 3. The fourth-order valence-corrected chi connectivity index (χ4v) is 2.22. The van der Waals surface area contributed by atoms with Gasteiger partial charge in [0, 0.05) is 13.6 Å². The molecule has 100 valence electrons. The predicted molar refractivity (Wildman–Crippen MR) is 76.0 cm³/mol. The van der Waals surface area contributed by atoms with Crippen molar-refractivity contribution in [2.24, 2.45) is 0 Å². The Morgan fingerprint density at radius 1 is 1.26 bits per heavy atom. The normalized spacial score (nSPS) is 10.5. The molecule has 1 amide bonds. The van der Waals surface area contributed by atoms with Crippen molar-refractivity contribution in [1.29, 1.82) is 0 Å². The molecule has 1 aromatic heterocycles. The van der Waals surface area contributed by atoms with E-state index in [1.807, 2.05) is 6.07 Å². The zero-order valence-electron chi connectivity index (χ0n) is 9.99. The highest BCUT2D eigenvalue weighted by atomic mass is 35.5. The number of hydrogen-bond acceptors (Lipinski definition) is 2. The number of carbonyl (C=O) groups excluding carboxylic acids is 1. The molecule has 3 nitrogen and oxygen atoms in total. The largest absolute Gasteiger partial charge is 0.452 e. The maximum absolute atomic E-state index is 12.1. The van der Waals surface area contributed by atoms with Gasteiger partial charge >= 0.3 is 0 Å². The molecule has 0 bridgehead atoms. The van der Waals surface area contributed by atoms with E-state index >= 15 is 0 Å². The molecule has 2 aromatic rings. The van der Waals surface area contributed by atoms with Gasteiger partial charge in [-0.25, -0.2) is 0 Å². The molecule has 0 aliphatic heterocycles. The van der Waals surface area contributed by atoms with Crippen molar-refractivity contribution in [2.45, 2.75) is 6.54 Å². The first-order chi connectivity index (χ1) is 9.00. The van der Waals surface area contributed by atoms with E-state index in [1.54, 1.807) is 19.2 Å². The molecule has 0 radical (unpaired) electrons. The average molecular weight is 319 g/mol. The third kappa shape index (κ3) is 3.06. The lowest BCUT2D eigenvalue weighted by Crippen LogP contribution is -2.26. The third-order valence-electron chi connectivity index (χ3n) is 2.63. The molecule has 0 fully saturated rings. The fourth-order valence-electron chi connectivity index (χ4n) is 1.65. The summed E-state index contributed by atoms with van der Waals surface area (Å²) < 4.78 is 4.90. The zero-order chi connectivity index (χ0) is 14.0. The first-order valence-electron chi connectivity index (χ1n) is 5.42. The number of furan rings is 1. The first-order valence-corrected chi connectivity index (χ1v) is 6.55. The minimum absolute atomic E-state index is 0.0778. The predicted octanol–water partition coefficient (Wildman–Crippen LogP) is 4.51. The van der Waals surface area contributed by atoms with Gasteiger partial charge in [-0.3, -0.25) is 4.79 Å². The summed E-state index contributed by atoms with van der Waals surface area (Å²) in [5.74, 6) is -0.241. The molecule has 0 saturated carbocycles. The van der Waals surface area contributed by atoms with E-state index in [4.69, 9.17) is 39.2 Å². The van der Waals surface area contributed by atoms with Crippen LogP contribution in [-0.4, -0.2) is 17.9 Å². The summed E-state index contributed by atoms with van der Waals surface area (Å²) in [4.78, 5) is 13.6. The van der Waals surface area contributed by atoms with Gasteiger partial charge in [0.2, 0.25) is 5.22 Å². The van der Waals surface area contributed by atoms with Gasteiger partial charge in [-0.2, -0.15) is 0 Å². The SMILES string of the molecule is CN(Cc1cccc(Cl)c1Cl)C(=O)c1ccoc1Cl. The minimum atomic E-state index is -0.241. The van der Waals surface area contributed by atoms with Gasteiger partial charge in [-0.15, -0.1) is 0 Å². The molecule has 0 aliphatic rings. The number of nitrogens with zero attached hydrogens (tertiary/aromatic N) is 1. The second-order valence-corrected chi connectivity index (χ2v) is 5.11. The Morgan fingerprint density at radius 2 is 2.00 bits per heavy atom. The van der Waals surface area contributed by atoms with Crippen LogP contribution in [0, 0.1) is 0 Å². The van der Waals surface area contributed by atoms with E-state index in [0.29, 0.717) is 22.2 Å². The van der Waals surface area contributed by atoms with Crippen molar-refractivity contribution in [3.8, 4) is 0 Å². The molecule has 0 spiro atoms. The summed E-state index contributed by atoms with van der Waals surface area (Å²) >= 11 is 17.8.